The zero-order chi connectivity index (χ0) is 15.2. The maximum Gasteiger partial charge on any atom is 0.435 e. The van der Waals surface area contributed by atoms with Crippen molar-refractivity contribution in [3.63, 3.8) is 0 Å². The van der Waals surface area contributed by atoms with E-state index < -0.39 is 11.9 Å². The van der Waals surface area contributed by atoms with Crippen molar-refractivity contribution in [3.8, 4) is 0 Å². The second-order valence-electron chi connectivity index (χ2n) is 4.77. The largest absolute Gasteiger partial charge is 0.435 e. The van der Waals surface area contributed by atoms with Crippen LogP contribution in [0.1, 0.15) is 16.8 Å². The number of H-pyrrole nitrogens is 1. The van der Waals surface area contributed by atoms with Crippen molar-refractivity contribution in [1.82, 2.24) is 20.0 Å². The number of benzene rings is 1. The Kier molecular flexibility index (Phi) is 2.89. The summed E-state index contributed by atoms with van der Waals surface area (Å²) in [7, 11) is 0. The maximum absolute atomic E-state index is 13.0. The first kappa shape index (κ1) is 13.5. The van der Waals surface area contributed by atoms with Crippen LogP contribution in [0.2, 0.25) is 0 Å². The van der Waals surface area contributed by atoms with Crippen LogP contribution in [0.15, 0.2) is 24.3 Å². The molecule has 0 amide bonds. The number of hydrogen-bond donors (Lipinski definition) is 2. The fourth-order valence-electron chi connectivity index (χ4n) is 2.24. The molecule has 0 unspecified atom stereocenters. The van der Waals surface area contributed by atoms with E-state index in [0.29, 0.717) is 0 Å². The highest BCUT2D eigenvalue weighted by atomic mass is 19.4. The van der Waals surface area contributed by atoms with Gasteiger partial charge in [0.15, 0.2) is 11.3 Å². The number of aromatic nitrogens is 4. The quantitative estimate of drug-likeness (QED) is 0.763. The molecular formula is C13H12F3N5. The molecule has 0 aliphatic carbocycles. The first-order valence-corrected chi connectivity index (χ1v) is 6.20. The Morgan fingerprint density at radius 2 is 2.00 bits per heavy atom. The summed E-state index contributed by atoms with van der Waals surface area (Å²) in [6, 6.07) is 7.42. The van der Waals surface area contributed by atoms with Gasteiger partial charge in [-0.25, -0.2) is 4.68 Å². The third kappa shape index (κ3) is 2.22. The normalized spacial score (nSPS) is 12.2. The fraction of sp³-hybridized carbons (Fsp3) is 0.231. The Hall–Kier alpha value is -2.51. The van der Waals surface area contributed by atoms with Crippen molar-refractivity contribution in [2.45, 2.75) is 19.6 Å². The van der Waals surface area contributed by atoms with Crippen LogP contribution in [0.4, 0.5) is 19.0 Å². The molecule has 0 radical (unpaired) electrons. The van der Waals surface area contributed by atoms with E-state index in [0.717, 1.165) is 11.1 Å². The highest BCUT2D eigenvalue weighted by Crippen LogP contribution is 2.35. The molecule has 1 aromatic carbocycles. The maximum atomic E-state index is 13.0. The number of nitrogens with two attached hydrogens (primary N) is 1. The van der Waals surface area contributed by atoms with Gasteiger partial charge in [0.25, 0.3) is 0 Å². The Balaban J connectivity index is 2.14. The van der Waals surface area contributed by atoms with Gasteiger partial charge < -0.3 is 5.73 Å². The molecule has 0 atom stereocenters. The van der Waals surface area contributed by atoms with Crippen molar-refractivity contribution in [2.75, 3.05) is 5.73 Å². The molecular weight excluding hydrogens is 283 g/mol. The van der Waals surface area contributed by atoms with Gasteiger partial charge in [0.1, 0.15) is 5.82 Å². The van der Waals surface area contributed by atoms with Gasteiger partial charge >= 0.3 is 6.18 Å². The molecule has 3 N–H and O–H groups in total. The van der Waals surface area contributed by atoms with Crippen LogP contribution < -0.4 is 5.73 Å². The number of nitrogens with zero attached hydrogens (tertiary/aromatic N) is 3. The molecule has 0 saturated heterocycles. The van der Waals surface area contributed by atoms with Gasteiger partial charge in [0.2, 0.25) is 0 Å². The minimum atomic E-state index is -4.58. The molecule has 8 heteroatoms. The van der Waals surface area contributed by atoms with Crippen LogP contribution >= 0.6 is 0 Å². The topological polar surface area (TPSA) is 72.5 Å². The molecule has 0 spiro atoms. The van der Waals surface area contributed by atoms with Crippen LogP contribution in [-0.4, -0.2) is 20.0 Å². The van der Waals surface area contributed by atoms with E-state index in [-0.39, 0.29) is 23.4 Å². The number of alkyl halides is 3. The fourth-order valence-corrected chi connectivity index (χ4v) is 2.24. The van der Waals surface area contributed by atoms with Crippen molar-refractivity contribution in [2.24, 2.45) is 0 Å². The van der Waals surface area contributed by atoms with Gasteiger partial charge in [-0.15, -0.1) is 0 Å². The van der Waals surface area contributed by atoms with Gasteiger partial charge in [-0.3, -0.25) is 5.10 Å². The van der Waals surface area contributed by atoms with Crippen molar-refractivity contribution in [1.29, 1.82) is 0 Å². The van der Waals surface area contributed by atoms with E-state index in [9.17, 15) is 13.2 Å². The van der Waals surface area contributed by atoms with E-state index in [1.54, 1.807) is 0 Å². The summed E-state index contributed by atoms with van der Waals surface area (Å²) < 4.78 is 40.3. The number of nitrogen functional groups attached to an aromatic ring is 1. The minimum Gasteiger partial charge on any atom is -0.383 e. The SMILES string of the molecule is Cc1ccccc1Cn1nc(C(F)(F)F)c2c(N)[nH]nc21. The van der Waals surface area contributed by atoms with Crippen molar-refractivity contribution >= 4 is 16.9 Å². The molecule has 5 nitrogen and oxygen atoms in total. The number of hydrogen-bond acceptors (Lipinski definition) is 3. The number of aryl methyl sites for hydroxylation is 1. The van der Waals surface area contributed by atoms with Gasteiger partial charge in [0.05, 0.1) is 11.9 Å². The molecule has 0 saturated carbocycles. The Labute approximate surface area is 117 Å². The van der Waals surface area contributed by atoms with E-state index in [1.807, 2.05) is 31.2 Å². The van der Waals surface area contributed by atoms with E-state index in [4.69, 9.17) is 5.73 Å². The molecule has 0 bridgehead atoms. The molecule has 0 fully saturated rings. The third-order valence-electron chi connectivity index (χ3n) is 3.33. The zero-order valence-corrected chi connectivity index (χ0v) is 11.1. The van der Waals surface area contributed by atoms with E-state index in [2.05, 4.69) is 15.3 Å². The molecule has 21 heavy (non-hydrogen) atoms. The van der Waals surface area contributed by atoms with Crippen LogP contribution in [0.25, 0.3) is 11.0 Å². The second-order valence-corrected chi connectivity index (χ2v) is 4.77. The summed E-state index contributed by atoms with van der Waals surface area (Å²) in [5.41, 5.74) is 6.47. The number of nitrogens with one attached hydrogen (secondary N) is 1. The number of anilines is 1. The summed E-state index contributed by atoms with van der Waals surface area (Å²) in [4.78, 5) is 0. The third-order valence-corrected chi connectivity index (χ3v) is 3.33. The first-order valence-electron chi connectivity index (χ1n) is 6.20. The summed E-state index contributed by atoms with van der Waals surface area (Å²) in [5.74, 6) is -0.131. The molecule has 2 heterocycles. The van der Waals surface area contributed by atoms with Gasteiger partial charge in [-0.05, 0) is 18.1 Å². The molecule has 2 aromatic heterocycles. The van der Waals surface area contributed by atoms with Crippen molar-refractivity contribution in [3.05, 3.63) is 41.1 Å². The van der Waals surface area contributed by atoms with Crippen molar-refractivity contribution < 1.29 is 13.2 Å². The van der Waals surface area contributed by atoms with Crippen LogP contribution in [0.5, 0.6) is 0 Å². The lowest BCUT2D eigenvalue weighted by Crippen LogP contribution is -2.10. The summed E-state index contributed by atoms with van der Waals surface area (Å²) in [6.07, 6.45) is -4.58. The van der Waals surface area contributed by atoms with Crippen LogP contribution in [0.3, 0.4) is 0 Å². The molecule has 3 aromatic rings. The number of halogens is 3. The predicted molar refractivity (Wildman–Crippen MR) is 71.6 cm³/mol. The number of fused-ring (bicyclic) bond motifs is 1. The first-order chi connectivity index (χ1) is 9.88. The summed E-state index contributed by atoms with van der Waals surface area (Å²) in [6.45, 7) is 2.09. The predicted octanol–water partition coefficient (Wildman–Crippen LogP) is 2.72. The highest BCUT2D eigenvalue weighted by molar-refractivity contribution is 5.89. The lowest BCUT2D eigenvalue weighted by Gasteiger charge is -2.06. The monoisotopic (exact) mass is 295 g/mol. The number of aromatic amines is 1. The summed E-state index contributed by atoms with van der Waals surface area (Å²) >= 11 is 0. The molecule has 0 aliphatic rings. The smallest absolute Gasteiger partial charge is 0.383 e. The summed E-state index contributed by atoms with van der Waals surface area (Å²) in [5, 5.41) is 9.67. The Morgan fingerprint density at radius 3 is 2.67 bits per heavy atom. The second kappa shape index (κ2) is 4.51. The molecule has 110 valence electrons. The van der Waals surface area contributed by atoms with E-state index in [1.165, 1.54) is 4.68 Å². The minimum absolute atomic E-state index is 0.100. The van der Waals surface area contributed by atoms with Gasteiger partial charge in [-0.1, -0.05) is 24.3 Å². The number of rotatable bonds is 2. The molecule has 3 rings (SSSR count). The van der Waals surface area contributed by atoms with Gasteiger partial charge in [0, 0.05) is 0 Å². The van der Waals surface area contributed by atoms with E-state index >= 15 is 0 Å². The zero-order valence-electron chi connectivity index (χ0n) is 11.1. The Morgan fingerprint density at radius 1 is 1.29 bits per heavy atom. The van der Waals surface area contributed by atoms with Gasteiger partial charge in [-0.2, -0.15) is 23.4 Å². The Bertz CT molecular complexity index is 800. The standard InChI is InChI=1S/C13H12F3N5/c1-7-4-2-3-5-8(7)6-21-12-9(11(17)18-19-12)10(20-21)13(14,15)16/h2-5H,6H2,1H3,(H3,17,18,19). The molecule has 0 aliphatic heterocycles. The average molecular weight is 295 g/mol. The van der Waals surface area contributed by atoms with Crippen LogP contribution in [-0.2, 0) is 12.7 Å². The van der Waals surface area contributed by atoms with Crippen LogP contribution in [0, 0.1) is 6.92 Å². The highest BCUT2D eigenvalue weighted by Gasteiger charge is 2.38. The average Bonchev–Trinajstić information content (AvgIpc) is 2.94. The lowest BCUT2D eigenvalue weighted by molar-refractivity contribution is -0.140. The lowest BCUT2D eigenvalue weighted by atomic mass is 10.1.